The average Bonchev–Trinajstić information content (AvgIpc) is 3.38. The van der Waals surface area contributed by atoms with Gasteiger partial charge in [0, 0.05) is 30.1 Å². The first-order valence-electron chi connectivity index (χ1n) is 12.7. The Hall–Kier alpha value is -4.04. The van der Waals surface area contributed by atoms with Crippen LogP contribution in [0.5, 0.6) is 0 Å². The van der Waals surface area contributed by atoms with E-state index in [9.17, 15) is 22.0 Å². The van der Waals surface area contributed by atoms with Crippen molar-refractivity contribution in [3.63, 3.8) is 0 Å². The van der Waals surface area contributed by atoms with Crippen LogP contribution in [-0.2, 0) is 25.0 Å². The standard InChI is InChI=1S/C28H28F3N5O4S2/c1-28(2,3)26-35-23(24(41-26)20-13-15-33-27(34-20)32-14-7-12-21(37)40-4)16-8-5-11-19(22(16)31)36-42(38,39)25-17(29)9-6-10-18(25)30/h5-6,8-11,13,15,36H,7,12,14H2,1-4H3,(H,32,33,34). The highest BCUT2D eigenvalue weighted by Crippen LogP contribution is 2.42. The summed E-state index contributed by atoms with van der Waals surface area (Å²) in [6.07, 6.45) is 2.24. The number of anilines is 2. The van der Waals surface area contributed by atoms with Gasteiger partial charge in [-0.05, 0) is 36.8 Å². The fourth-order valence-corrected chi connectivity index (χ4v) is 6.14. The van der Waals surface area contributed by atoms with Gasteiger partial charge in [0.05, 0.1) is 34.1 Å². The molecule has 0 aliphatic carbocycles. The molecule has 0 saturated heterocycles. The van der Waals surface area contributed by atoms with Gasteiger partial charge in [-0.1, -0.05) is 32.9 Å². The van der Waals surface area contributed by atoms with Crippen molar-refractivity contribution in [1.82, 2.24) is 15.0 Å². The number of methoxy groups -OCH3 is 1. The summed E-state index contributed by atoms with van der Waals surface area (Å²) in [4.78, 5) is 24.1. The summed E-state index contributed by atoms with van der Waals surface area (Å²) in [5, 5.41) is 3.71. The first-order chi connectivity index (χ1) is 19.8. The van der Waals surface area contributed by atoms with E-state index in [1.807, 2.05) is 25.5 Å². The fourth-order valence-electron chi connectivity index (χ4n) is 3.83. The van der Waals surface area contributed by atoms with Crippen molar-refractivity contribution in [3.05, 3.63) is 71.1 Å². The van der Waals surface area contributed by atoms with Crippen LogP contribution < -0.4 is 10.0 Å². The third-order valence-corrected chi connectivity index (χ3v) is 8.83. The summed E-state index contributed by atoms with van der Waals surface area (Å²) in [6, 6.07) is 8.23. The van der Waals surface area contributed by atoms with E-state index < -0.39 is 43.5 Å². The van der Waals surface area contributed by atoms with E-state index in [4.69, 9.17) is 4.98 Å². The van der Waals surface area contributed by atoms with E-state index in [1.54, 1.807) is 6.07 Å². The number of rotatable bonds is 10. The third-order valence-electron chi connectivity index (χ3n) is 5.91. The minimum atomic E-state index is -4.82. The predicted octanol–water partition coefficient (Wildman–Crippen LogP) is 6.15. The van der Waals surface area contributed by atoms with Gasteiger partial charge in [-0.2, -0.15) is 0 Å². The van der Waals surface area contributed by atoms with Crippen molar-refractivity contribution in [3.8, 4) is 21.8 Å². The molecule has 0 saturated carbocycles. The minimum Gasteiger partial charge on any atom is -0.469 e. The molecular weight excluding hydrogens is 591 g/mol. The Morgan fingerprint density at radius 2 is 1.71 bits per heavy atom. The molecule has 4 rings (SSSR count). The SMILES string of the molecule is COC(=O)CCCNc1nccc(-c2sc(C(C)(C)C)nc2-c2cccc(NS(=O)(=O)c3c(F)cccc3F)c2F)n1. The molecule has 0 spiro atoms. The molecule has 0 radical (unpaired) electrons. The van der Waals surface area contributed by atoms with Crippen molar-refractivity contribution in [2.75, 3.05) is 23.7 Å². The maximum absolute atomic E-state index is 16.0. The quantitative estimate of drug-likeness (QED) is 0.160. The molecule has 4 aromatic rings. The number of hydrogen-bond donors (Lipinski definition) is 2. The molecule has 2 aromatic carbocycles. The van der Waals surface area contributed by atoms with Crippen LogP contribution in [0.15, 0.2) is 53.6 Å². The average molecular weight is 620 g/mol. The second-order valence-electron chi connectivity index (χ2n) is 10.1. The molecule has 0 aliphatic heterocycles. The number of esters is 1. The Bertz CT molecular complexity index is 1700. The number of sulfonamides is 1. The molecule has 222 valence electrons. The van der Waals surface area contributed by atoms with Gasteiger partial charge in [-0.25, -0.2) is 36.5 Å². The lowest BCUT2D eigenvalue weighted by Crippen LogP contribution is -2.17. The van der Waals surface area contributed by atoms with Gasteiger partial charge in [0.25, 0.3) is 10.0 Å². The summed E-state index contributed by atoms with van der Waals surface area (Å²) in [5.74, 6) is -3.66. The number of hydrogen-bond acceptors (Lipinski definition) is 9. The van der Waals surface area contributed by atoms with Gasteiger partial charge < -0.3 is 10.1 Å². The molecule has 2 N–H and O–H groups in total. The van der Waals surface area contributed by atoms with Crippen molar-refractivity contribution in [2.45, 2.75) is 43.9 Å². The lowest BCUT2D eigenvalue weighted by molar-refractivity contribution is -0.140. The number of aromatic nitrogens is 3. The van der Waals surface area contributed by atoms with Crippen LogP contribution in [-0.4, -0.2) is 43.0 Å². The lowest BCUT2D eigenvalue weighted by Gasteiger charge is -2.14. The normalized spacial score (nSPS) is 11.8. The molecule has 42 heavy (non-hydrogen) atoms. The summed E-state index contributed by atoms with van der Waals surface area (Å²) < 4.78 is 76.7. The summed E-state index contributed by atoms with van der Waals surface area (Å²) in [6.45, 7) is 6.23. The Labute approximate surface area is 245 Å². The van der Waals surface area contributed by atoms with E-state index >= 15 is 4.39 Å². The Balaban J connectivity index is 1.73. The maximum Gasteiger partial charge on any atom is 0.305 e. The van der Waals surface area contributed by atoms with Crippen molar-refractivity contribution < 1.29 is 31.1 Å². The molecule has 0 amide bonds. The smallest absolute Gasteiger partial charge is 0.305 e. The van der Waals surface area contributed by atoms with Gasteiger partial charge in [0.2, 0.25) is 5.95 Å². The fraction of sp³-hybridized carbons (Fsp3) is 0.286. The summed E-state index contributed by atoms with van der Waals surface area (Å²) >= 11 is 1.29. The number of ether oxygens (including phenoxy) is 1. The number of halogens is 3. The molecule has 0 bridgehead atoms. The number of benzene rings is 2. The van der Waals surface area contributed by atoms with E-state index in [2.05, 4.69) is 20.0 Å². The van der Waals surface area contributed by atoms with E-state index in [1.165, 1.54) is 36.8 Å². The monoisotopic (exact) mass is 619 g/mol. The topological polar surface area (TPSA) is 123 Å². The molecule has 2 aromatic heterocycles. The second kappa shape index (κ2) is 12.4. The number of carbonyl (C=O) groups is 1. The van der Waals surface area contributed by atoms with Crippen LogP contribution in [0.4, 0.5) is 24.8 Å². The lowest BCUT2D eigenvalue weighted by atomic mass is 9.98. The highest BCUT2D eigenvalue weighted by molar-refractivity contribution is 7.92. The molecule has 0 atom stereocenters. The van der Waals surface area contributed by atoms with E-state index in [0.29, 0.717) is 28.5 Å². The molecule has 0 fully saturated rings. The Morgan fingerprint density at radius 3 is 2.38 bits per heavy atom. The zero-order chi connectivity index (χ0) is 30.7. The Kier molecular flexibility index (Phi) is 9.16. The van der Waals surface area contributed by atoms with Crippen LogP contribution in [0.25, 0.3) is 21.8 Å². The van der Waals surface area contributed by atoms with Crippen molar-refractivity contribution >= 4 is 39.0 Å². The maximum atomic E-state index is 16.0. The first-order valence-corrected chi connectivity index (χ1v) is 15.0. The van der Waals surface area contributed by atoms with Gasteiger partial charge >= 0.3 is 5.97 Å². The van der Waals surface area contributed by atoms with Crippen LogP contribution in [0, 0.1) is 17.5 Å². The largest absolute Gasteiger partial charge is 0.469 e. The first kappa shape index (κ1) is 30.9. The molecule has 0 unspecified atom stereocenters. The molecule has 0 aliphatic rings. The number of nitrogens with zero attached hydrogens (tertiary/aromatic N) is 3. The van der Waals surface area contributed by atoms with Crippen LogP contribution in [0.1, 0.15) is 38.6 Å². The molecular formula is C28H28F3N5O4S2. The minimum absolute atomic E-state index is 0.0443. The highest BCUT2D eigenvalue weighted by atomic mass is 32.2. The van der Waals surface area contributed by atoms with E-state index in [0.717, 1.165) is 24.3 Å². The zero-order valence-corrected chi connectivity index (χ0v) is 24.8. The number of nitrogens with one attached hydrogen (secondary N) is 2. The second-order valence-corrected chi connectivity index (χ2v) is 12.8. The van der Waals surface area contributed by atoms with Crippen LogP contribution in [0.2, 0.25) is 0 Å². The Morgan fingerprint density at radius 1 is 1.02 bits per heavy atom. The van der Waals surface area contributed by atoms with E-state index in [-0.39, 0.29) is 29.6 Å². The number of thiazole rings is 1. The molecule has 9 nitrogen and oxygen atoms in total. The van der Waals surface area contributed by atoms with Crippen LogP contribution >= 0.6 is 11.3 Å². The predicted molar refractivity (Wildman–Crippen MR) is 154 cm³/mol. The van der Waals surface area contributed by atoms with Gasteiger partial charge in [-0.3, -0.25) is 9.52 Å². The van der Waals surface area contributed by atoms with Gasteiger partial charge in [0.1, 0.15) is 11.6 Å². The van der Waals surface area contributed by atoms with Crippen molar-refractivity contribution in [1.29, 1.82) is 0 Å². The molecule has 14 heteroatoms. The summed E-state index contributed by atoms with van der Waals surface area (Å²) in [5.41, 5.74) is -0.338. The molecule has 2 heterocycles. The van der Waals surface area contributed by atoms with Gasteiger partial charge in [0.15, 0.2) is 10.7 Å². The third kappa shape index (κ3) is 6.87. The highest BCUT2D eigenvalue weighted by Gasteiger charge is 2.28. The number of carbonyl (C=O) groups excluding carboxylic acids is 1. The van der Waals surface area contributed by atoms with Crippen LogP contribution in [0.3, 0.4) is 0 Å². The summed E-state index contributed by atoms with van der Waals surface area (Å²) in [7, 11) is -3.50. The zero-order valence-electron chi connectivity index (χ0n) is 23.2. The van der Waals surface area contributed by atoms with Crippen molar-refractivity contribution in [2.24, 2.45) is 0 Å². The van der Waals surface area contributed by atoms with Gasteiger partial charge in [-0.15, -0.1) is 11.3 Å².